The Hall–Kier alpha value is -1.51. The lowest BCUT2D eigenvalue weighted by molar-refractivity contribution is 0.0697. The smallest absolute Gasteiger partial charge is 0.337 e. The van der Waals surface area contributed by atoms with Crippen molar-refractivity contribution in [1.29, 1.82) is 0 Å². The molecule has 0 radical (unpaired) electrons. The van der Waals surface area contributed by atoms with Gasteiger partial charge in [-0.3, -0.25) is 0 Å². The Kier molecular flexibility index (Phi) is 6.40. The van der Waals surface area contributed by atoms with E-state index in [9.17, 15) is 9.90 Å². The predicted octanol–water partition coefficient (Wildman–Crippen LogP) is 4.10. The van der Waals surface area contributed by atoms with Gasteiger partial charge in [0.15, 0.2) is 0 Å². The number of benzene rings is 1. The molecule has 0 bridgehead atoms. The van der Waals surface area contributed by atoms with E-state index in [1.807, 2.05) is 19.1 Å². The number of rotatable bonds is 8. The Labute approximate surface area is 116 Å². The van der Waals surface area contributed by atoms with Gasteiger partial charge in [0.1, 0.15) is 0 Å². The maximum Gasteiger partial charge on any atom is 0.337 e. The van der Waals surface area contributed by atoms with Crippen molar-refractivity contribution in [3.8, 4) is 0 Å². The maximum absolute atomic E-state index is 11.4. The monoisotopic (exact) mass is 263 g/mol. The van der Waals surface area contributed by atoms with E-state index >= 15 is 0 Å². The lowest BCUT2D eigenvalue weighted by atomic mass is 10.1. The molecule has 0 amide bonds. The van der Waals surface area contributed by atoms with Crippen LogP contribution in [0.1, 0.15) is 55.5 Å². The molecule has 0 unspecified atom stereocenters. The molecule has 1 aromatic rings. The van der Waals surface area contributed by atoms with Crippen molar-refractivity contribution >= 4 is 11.7 Å². The number of anilines is 1. The highest BCUT2D eigenvalue weighted by atomic mass is 16.4. The zero-order valence-corrected chi connectivity index (χ0v) is 12.3. The molecule has 0 aromatic heterocycles. The summed E-state index contributed by atoms with van der Waals surface area (Å²) in [7, 11) is 0. The highest BCUT2D eigenvalue weighted by molar-refractivity contribution is 5.94. The van der Waals surface area contributed by atoms with Crippen molar-refractivity contribution in [3.63, 3.8) is 0 Å². The van der Waals surface area contributed by atoms with Gasteiger partial charge < -0.3 is 10.0 Å². The summed E-state index contributed by atoms with van der Waals surface area (Å²) >= 11 is 0. The van der Waals surface area contributed by atoms with E-state index in [-0.39, 0.29) is 0 Å². The number of carbonyl (C=O) groups is 1. The summed E-state index contributed by atoms with van der Waals surface area (Å²) in [5, 5.41) is 9.33. The van der Waals surface area contributed by atoms with Crippen molar-refractivity contribution < 1.29 is 9.90 Å². The maximum atomic E-state index is 11.4. The molecule has 3 heteroatoms. The van der Waals surface area contributed by atoms with Crippen LogP contribution in [0.4, 0.5) is 5.69 Å². The van der Waals surface area contributed by atoms with Crippen molar-refractivity contribution in [3.05, 3.63) is 29.3 Å². The van der Waals surface area contributed by atoms with Crippen LogP contribution >= 0.6 is 0 Å². The topological polar surface area (TPSA) is 40.5 Å². The van der Waals surface area contributed by atoms with Crippen LogP contribution < -0.4 is 4.90 Å². The molecule has 0 spiro atoms. The first-order chi connectivity index (χ1) is 9.10. The third-order valence-electron chi connectivity index (χ3n) is 3.29. The molecular formula is C16H25NO2. The molecular weight excluding hydrogens is 238 g/mol. The third-order valence-corrected chi connectivity index (χ3v) is 3.29. The van der Waals surface area contributed by atoms with Gasteiger partial charge in [0.2, 0.25) is 0 Å². The van der Waals surface area contributed by atoms with E-state index < -0.39 is 5.97 Å². The van der Waals surface area contributed by atoms with E-state index in [4.69, 9.17) is 0 Å². The van der Waals surface area contributed by atoms with Crippen molar-refractivity contribution in [2.24, 2.45) is 0 Å². The zero-order chi connectivity index (χ0) is 14.3. The third kappa shape index (κ3) is 4.58. The lowest BCUT2D eigenvalue weighted by Gasteiger charge is -2.26. The fourth-order valence-electron chi connectivity index (χ4n) is 2.13. The number of carboxylic acids is 1. The second kappa shape index (κ2) is 7.82. The molecule has 0 aliphatic rings. The SMILES string of the molecule is CCCCN(CCCC)c1cc(C)ccc1C(=O)O. The molecule has 1 rings (SSSR count). The number of unbranched alkanes of at least 4 members (excludes halogenated alkanes) is 2. The van der Waals surface area contributed by atoms with Crippen LogP contribution in [0.3, 0.4) is 0 Å². The molecule has 3 nitrogen and oxygen atoms in total. The Morgan fingerprint density at radius 1 is 1.16 bits per heavy atom. The minimum Gasteiger partial charge on any atom is -0.478 e. The van der Waals surface area contributed by atoms with Crippen LogP contribution in [-0.2, 0) is 0 Å². The normalized spacial score (nSPS) is 10.5. The fourth-order valence-corrected chi connectivity index (χ4v) is 2.13. The summed E-state index contributed by atoms with van der Waals surface area (Å²) in [5.74, 6) is -0.840. The molecule has 0 fully saturated rings. The average Bonchev–Trinajstić information content (AvgIpc) is 2.38. The van der Waals surface area contributed by atoms with Crippen molar-refractivity contribution in [2.75, 3.05) is 18.0 Å². The number of aromatic carboxylic acids is 1. The van der Waals surface area contributed by atoms with Crippen molar-refractivity contribution in [2.45, 2.75) is 46.5 Å². The van der Waals surface area contributed by atoms with Gasteiger partial charge in [0.25, 0.3) is 0 Å². The number of hydrogen-bond acceptors (Lipinski definition) is 2. The van der Waals surface area contributed by atoms with Crippen LogP contribution in [0.2, 0.25) is 0 Å². The predicted molar refractivity (Wildman–Crippen MR) is 80.2 cm³/mol. The molecule has 19 heavy (non-hydrogen) atoms. The first kappa shape index (κ1) is 15.5. The second-order valence-electron chi connectivity index (χ2n) is 5.02. The molecule has 106 valence electrons. The standard InChI is InChI=1S/C16H25NO2/c1-4-6-10-17(11-7-5-2)15-12-13(3)8-9-14(15)16(18)19/h8-9,12H,4-7,10-11H2,1-3H3,(H,18,19). The summed E-state index contributed by atoms with van der Waals surface area (Å²) in [6.07, 6.45) is 4.43. The largest absolute Gasteiger partial charge is 0.478 e. The number of hydrogen-bond donors (Lipinski definition) is 1. The van der Waals surface area contributed by atoms with Crippen LogP contribution in [0.5, 0.6) is 0 Å². The molecule has 0 saturated heterocycles. The van der Waals surface area contributed by atoms with E-state index in [0.29, 0.717) is 5.56 Å². The molecule has 1 N–H and O–H groups in total. The van der Waals surface area contributed by atoms with E-state index in [2.05, 4.69) is 18.7 Å². The lowest BCUT2D eigenvalue weighted by Crippen LogP contribution is -2.27. The quantitative estimate of drug-likeness (QED) is 0.767. The van der Waals surface area contributed by atoms with Gasteiger partial charge in [-0.15, -0.1) is 0 Å². The number of aryl methyl sites for hydroxylation is 1. The molecule has 0 saturated carbocycles. The average molecular weight is 263 g/mol. The second-order valence-corrected chi connectivity index (χ2v) is 5.02. The summed E-state index contributed by atoms with van der Waals surface area (Å²) < 4.78 is 0. The minimum absolute atomic E-state index is 0.415. The van der Waals surface area contributed by atoms with Crippen LogP contribution in [-0.4, -0.2) is 24.2 Å². The van der Waals surface area contributed by atoms with Gasteiger partial charge in [-0.05, 0) is 37.5 Å². The summed E-state index contributed by atoms with van der Waals surface area (Å²) in [5.41, 5.74) is 2.39. The number of carboxylic acid groups (broad SMARTS) is 1. The zero-order valence-electron chi connectivity index (χ0n) is 12.3. The number of nitrogens with zero attached hydrogens (tertiary/aromatic N) is 1. The fraction of sp³-hybridized carbons (Fsp3) is 0.562. The van der Waals surface area contributed by atoms with Crippen molar-refractivity contribution in [1.82, 2.24) is 0 Å². The van der Waals surface area contributed by atoms with Crippen LogP contribution in [0.15, 0.2) is 18.2 Å². The van der Waals surface area contributed by atoms with Gasteiger partial charge >= 0.3 is 5.97 Å². The molecule has 0 heterocycles. The van der Waals surface area contributed by atoms with E-state index in [1.54, 1.807) is 6.07 Å². The molecule has 0 aliphatic carbocycles. The summed E-state index contributed by atoms with van der Waals surface area (Å²) in [6, 6.07) is 5.58. The molecule has 0 aliphatic heterocycles. The van der Waals surface area contributed by atoms with E-state index in [1.165, 1.54) is 0 Å². The Bertz CT molecular complexity index is 407. The van der Waals surface area contributed by atoms with Crippen LogP contribution in [0, 0.1) is 6.92 Å². The summed E-state index contributed by atoms with van der Waals surface area (Å²) in [4.78, 5) is 13.6. The minimum atomic E-state index is -0.840. The van der Waals surface area contributed by atoms with Gasteiger partial charge in [-0.2, -0.15) is 0 Å². The first-order valence-corrected chi connectivity index (χ1v) is 7.19. The highest BCUT2D eigenvalue weighted by Crippen LogP contribution is 2.23. The Morgan fingerprint density at radius 2 is 1.74 bits per heavy atom. The first-order valence-electron chi connectivity index (χ1n) is 7.19. The van der Waals surface area contributed by atoms with E-state index in [0.717, 1.165) is 50.0 Å². The van der Waals surface area contributed by atoms with Crippen LogP contribution in [0.25, 0.3) is 0 Å². The highest BCUT2D eigenvalue weighted by Gasteiger charge is 2.15. The summed E-state index contributed by atoms with van der Waals surface area (Å²) in [6.45, 7) is 8.19. The molecule has 1 aromatic carbocycles. The van der Waals surface area contributed by atoms with Gasteiger partial charge in [-0.1, -0.05) is 32.8 Å². The Morgan fingerprint density at radius 3 is 2.21 bits per heavy atom. The Balaban J connectivity index is 3.03. The van der Waals surface area contributed by atoms with Gasteiger partial charge in [0.05, 0.1) is 11.3 Å². The van der Waals surface area contributed by atoms with Gasteiger partial charge in [0, 0.05) is 13.1 Å². The molecule has 0 atom stereocenters. The van der Waals surface area contributed by atoms with Gasteiger partial charge in [-0.25, -0.2) is 4.79 Å².